The van der Waals surface area contributed by atoms with Crippen molar-refractivity contribution in [2.75, 3.05) is 19.6 Å². The summed E-state index contributed by atoms with van der Waals surface area (Å²) in [6, 6.07) is 12.7. The third-order valence-corrected chi connectivity index (χ3v) is 5.01. The first-order valence-electron chi connectivity index (χ1n) is 8.05. The molecule has 116 valence electrons. The quantitative estimate of drug-likeness (QED) is 0.640. The number of fused-ring (bicyclic) bond motifs is 1. The predicted molar refractivity (Wildman–Crippen MR) is 95.5 cm³/mol. The Balaban J connectivity index is 1.88. The van der Waals surface area contributed by atoms with Gasteiger partial charge in [-0.3, -0.25) is 0 Å². The number of aromatic nitrogens is 2. The van der Waals surface area contributed by atoms with Gasteiger partial charge < -0.3 is 9.47 Å². The summed E-state index contributed by atoms with van der Waals surface area (Å²) in [5.74, 6) is 1.11. The van der Waals surface area contributed by atoms with Crippen molar-refractivity contribution in [1.29, 1.82) is 0 Å². The zero-order valence-corrected chi connectivity index (χ0v) is 14.1. The summed E-state index contributed by atoms with van der Waals surface area (Å²) in [7, 11) is 0. The van der Waals surface area contributed by atoms with Crippen LogP contribution in [0.4, 0.5) is 0 Å². The van der Waals surface area contributed by atoms with Gasteiger partial charge in [0.05, 0.1) is 15.9 Å². The van der Waals surface area contributed by atoms with Gasteiger partial charge in [0.1, 0.15) is 0 Å². The number of benzene rings is 1. The van der Waals surface area contributed by atoms with Gasteiger partial charge in [0.15, 0.2) is 5.82 Å². The zero-order chi connectivity index (χ0) is 15.4. The van der Waals surface area contributed by atoms with Crippen LogP contribution < -0.4 is 0 Å². The molecule has 0 aliphatic heterocycles. The minimum absolute atomic E-state index is 1.02. The molecule has 0 amide bonds. The van der Waals surface area contributed by atoms with Crippen LogP contribution in [0.2, 0.25) is 0 Å². The fourth-order valence-corrected chi connectivity index (χ4v) is 3.61. The molecule has 0 aliphatic rings. The average molecular weight is 313 g/mol. The molecule has 22 heavy (non-hydrogen) atoms. The van der Waals surface area contributed by atoms with Crippen LogP contribution in [0, 0.1) is 0 Å². The van der Waals surface area contributed by atoms with Crippen molar-refractivity contribution >= 4 is 22.4 Å². The van der Waals surface area contributed by atoms with Gasteiger partial charge in [-0.25, -0.2) is 4.98 Å². The monoisotopic (exact) mass is 313 g/mol. The van der Waals surface area contributed by atoms with Gasteiger partial charge in [-0.2, -0.15) is 0 Å². The van der Waals surface area contributed by atoms with Crippen molar-refractivity contribution in [2.45, 2.75) is 26.8 Å². The van der Waals surface area contributed by atoms with Gasteiger partial charge in [0, 0.05) is 6.54 Å². The Kier molecular flexibility index (Phi) is 4.90. The summed E-state index contributed by atoms with van der Waals surface area (Å²) >= 11 is 1.76. The van der Waals surface area contributed by atoms with Gasteiger partial charge in [0.25, 0.3) is 0 Å². The molecule has 2 aromatic heterocycles. The van der Waals surface area contributed by atoms with Crippen LogP contribution in [0.25, 0.3) is 21.7 Å². The van der Waals surface area contributed by atoms with E-state index in [-0.39, 0.29) is 0 Å². The van der Waals surface area contributed by atoms with E-state index in [2.05, 4.69) is 65.1 Å². The molecule has 0 fully saturated rings. The maximum Gasteiger partial charge on any atom is 0.151 e. The van der Waals surface area contributed by atoms with Gasteiger partial charge in [-0.15, -0.1) is 11.3 Å². The second-order valence-electron chi connectivity index (χ2n) is 5.43. The van der Waals surface area contributed by atoms with E-state index in [4.69, 9.17) is 4.98 Å². The number of thiophene rings is 1. The highest BCUT2D eigenvalue weighted by molar-refractivity contribution is 7.13. The smallest absolute Gasteiger partial charge is 0.151 e. The predicted octanol–water partition coefficient (Wildman–Crippen LogP) is 4.50. The van der Waals surface area contributed by atoms with Crippen molar-refractivity contribution in [3.63, 3.8) is 0 Å². The molecule has 3 aromatic rings. The normalized spacial score (nSPS) is 11.6. The minimum atomic E-state index is 1.02. The first-order chi connectivity index (χ1) is 10.8. The Labute approximate surface area is 136 Å². The summed E-state index contributed by atoms with van der Waals surface area (Å²) in [5, 5.41) is 2.12. The molecule has 0 bridgehead atoms. The van der Waals surface area contributed by atoms with Crippen LogP contribution in [0.15, 0.2) is 41.8 Å². The van der Waals surface area contributed by atoms with Crippen molar-refractivity contribution in [2.24, 2.45) is 0 Å². The molecule has 1 aromatic carbocycles. The van der Waals surface area contributed by atoms with E-state index in [1.807, 2.05) is 0 Å². The van der Waals surface area contributed by atoms with Crippen LogP contribution in [0.1, 0.15) is 20.3 Å². The molecular weight excluding hydrogens is 290 g/mol. The fourth-order valence-electron chi connectivity index (χ4n) is 2.89. The SMILES string of the molecule is CCN(CC)CCCn1c(-c2cccs2)nc2ccccc21. The lowest BCUT2D eigenvalue weighted by Gasteiger charge is -2.18. The summed E-state index contributed by atoms with van der Waals surface area (Å²) in [5.41, 5.74) is 2.33. The number of imidazole rings is 1. The van der Waals surface area contributed by atoms with E-state index in [1.165, 1.54) is 10.4 Å². The molecule has 2 heterocycles. The Bertz CT molecular complexity index is 711. The fraction of sp³-hybridized carbons (Fsp3) is 0.389. The van der Waals surface area contributed by atoms with Crippen molar-refractivity contribution in [1.82, 2.24) is 14.5 Å². The van der Waals surface area contributed by atoms with E-state index in [0.29, 0.717) is 0 Å². The largest absolute Gasteiger partial charge is 0.323 e. The standard InChI is InChI=1S/C18H23N3S/c1-3-20(4-2)12-8-13-21-16-10-6-5-9-15(16)19-18(21)17-11-7-14-22-17/h5-7,9-11,14H,3-4,8,12-13H2,1-2H3. The Hall–Kier alpha value is -1.65. The van der Waals surface area contributed by atoms with Crippen LogP contribution >= 0.6 is 11.3 Å². The maximum absolute atomic E-state index is 4.85. The van der Waals surface area contributed by atoms with Crippen molar-refractivity contribution in [3.8, 4) is 10.7 Å². The Morgan fingerprint density at radius 2 is 1.91 bits per heavy atom. The van der Waals surface area contributed by atoms with Crippen LogP contribution in [-0.2, 0) is 6.54 Å². The first-order valence-corrected chi connectivity index (χ1v) is 8.93. The number of rotatable bonds is 7. The van der Waals surface area contributed by atoms with Crippen LogP contribution in [0.5, 0.6) is 0 Å². The maximum atomic E-state index is 4.85. The van der Waals surface area contributed by atoms with E-state index in [0.717, 1.165) is 43.9 Å². The molecule has 0 unspecified atom stereocenters. The molecule has 4 heteroatoms. The highest BCUT2D eigenvalue weighted by Crippen LogP contribution is 2.28. The molecule has 0 saturated carbocycles. The molecule has 0 aliphatic carbocycles. The van der Waals surface area contributed by atoms with Crippen molar-refractivity contribution < 1.29 is 0 Å². The topological polar surface area (TPSA) is 21.1 Å². The van der Waals surface area contributed by atoms with Crippen LogP contribution in [-0.4, -0.2) is 34.1 Å². The number of hydrogen-bond donors (Lipinski definition) is 0. The van der Waals surface area contributed by atoms with Gasteiger partial charge in [0.2, 0.25) is 0 Å². The lowest BCUT2D eigenvalue weighted by Crippen LogP contribution is -2.24. The molecular formula is C18H23N3S. The summed E-state index contributed by atoms with van der Waals surface area (Å²) < 4.78 is 2.38. The Morgan fingerprint density at radius 3 is 2.64 bits per heavy atom. The second-order valence-corrected chi connectivity index (χ2v) is 6.38. The van der Waals surface area contributed by atoms with Crippen molar-refractivity contribution in [3.05, 3.63) is 41.8 Å². The number of hydrogen-bond acceptors (Lipinski definition) is 3. The first kappa shape index (κ1) is 15.3. The summed E-state index contributed by atoms with van der Waals surface area (Å²) in [6.07, 6.45) is 1.15. The molecule has 3 rings (SSSR count). The molecule has 0 saturated heterocycles. The lowest BCUT2D eigenvalue weighted by atomic mass is 10.3. The van der Waals surface area contributed by atoms with Gasteiger partial charge >= 0.3 is 0 Å². The van der Waals surface area contributed by atoms with E-state index >= 15 is 0 Å². The van der Waals surface area contributed by atoms with E-state index in [1.54, 1.807) is 11.3 Å². The van der Waals surface area contributed by atoms with Gasteiger partial charge in [-0.1, -0.05) is 32.0 Å². The lowest BCUT2D eigenvalue weighted by molar-refractivity contribution is 0.294. The highest BCUT2D eigenvalue weighted by Gasteiger charge is 2.13. The molecule has 0 atom stereocenters. The molecule has 0 spiro atoms. The Morgan fingerprint density at radius 1 is 1.09 bits per heavy atom. The van der Waals surface area contributed by atoms with E-state index in [9.17, 15) is 0 Å². The number of aryl methyl sites for hydroxylation is 1. The number of para-hydroxylation sites is 2. The van der Waals surface area contributed by atoms with Gasteiger partial charge in [-0.05, 0) is 49.6 Å². The molecule has 0 radical (unpaired) electrons. The zero-order valence-electron chi connectivity index (χ0n) is 13.3. The molecule has 3 nitrogen and oxygen atoms in total. The van der Waals surface area contributed by atoms with Crippen LogP contribution in [0.3, 0.4) is 0 Å². The highest BCUT2D eigenvalue weighted by atomic mass is 32.1. The second kappa shape index (κ2) is 7.07. The summed E-state index contributed by atoms with van der Waals surface area (Å²) in [4.78, 5) is 8.58. The average Bonchev–Trinajstić information content (AvgIpc) is 3.19. The molecule has 0 N–H and O–H groups in total. The number of nitrogens with zero attached hydrogens (tertiary/aromatic N) is 3. The minimum Gasteiger partial charge on any atom is -0.323 e. The third-order valence-electron chi connectivity index (χ3n) is 4.15. The summed E-state index contributed by atoms with van der Waals surface area (Å²) in [6.45, 7) is 8.87. The van der Waals surface area contributed by atoms with E-state index < -0.39 is 0 Å². The third kappa shape index (κ3) is 3.08.